The van der Waals surface area contributed by atoms with Crippen LogP contribution in [0.25, 0.3) is 11.3 Å². The molecule has 6 heteroatoms. The van der Waals surface area contributed by atoms with Crippen LogP contribution in [0.5, 0.6) is 0 Å². The third-order valence-electron chi connectivity index (χ3n) is 3.04. The van der Waals surface area contributed by atoms with Gasteiger partial charge in [-0.25, -0.2) is 9.97 Å². The van der Waals surface area contributed by atoms with Crippen molar-refractivity contribution < 1.29 is 13.2 Å². The van der Waals surface area contributed by atoms with Gasteiger partial charge in [0.15, 0.2) is 0 Å². The fourth-order valence-corrected chi connectivity index (χ4v) is 1.75. The molecule has 3 nitrogen and oxygen atoms in total. The van der Waals surface area contributed by atoms with Gasteiger partial charge < -0.3 is 5.32 Å². The van der Waals surface area contributed by atoms with Gasteiger partial charge >= 0.3 is 6.18 Å². The van der Waals surface area contributed by atoms with E-state index >= 15 is 0 Å². The predicted octanol–water partition coefficient (Wildman–Crippen LogP) is 3.82. The highest BCUT2D eigenvalue weighted by Crippen LogP contribution is 2.30. The summed E-state index contributed by atoms with van der Waals surface area (Å²) in [5.74, 6) is -1.00. The molecule has 0 bridgehead atoms. The van der Waals surface area contributed by atoms with Gasteiger partial charge in [-0.15, -0.1) is 0 Å². The molecule has 0 saturated carbocycles. The average molecular weight is 281 g/mol. The molecule has 1 heterocycles. The van der Waals surface area contributed by atoms with E-state index in [-0.39, 0.29) is 11.5 Å². The fourth-order valence-electron chi connectivity index (χ4n) is 1.75. The average Bonchev–Trinajstić information content (AvgIpc) is 2.40. The summed E-state index contributed by atoms with van der Waals surface area (Å²) < 4.78 is 38.4. The quantitative estimate of drug-likeness (QED) is 0.909. The summed E-state index contributed by atoms with van der Waals surface area (Å²) in [7, 11) is 1.52. The summed E-state index contributed by atoms with van der Waals surface area (Å²) in [5, 5.41) is 2.62. The predicted molar refractivity (Wildman–Crippen MR) is 71.5 cm³/mol. The van der Waals surface area contributed by atoms with Gasteiger partial charge in [0.2, 0.25) is 5.82 Å². The molecule has 20 heavy (non-hydrogen) atoms. The number of benzene rings is 1. The first-order chi connectivity index (χ1) is 9.31. The second kappa shape index (κ2) is 5.11. The maximum Gasteiger partial charge on any atom is 0.451 e. The van der Waals surface area contributed by atoms with E-state index in [1.165, 1.54) is 13.1 Å². The largest absolute Gasteiger partial charge is 0.451 e. The van der Waals surface area contributed by atoms with E-state index in [4.69, 9.17) is 0 Å². The van der Waals surface area contributed by atoms with Gasteiger partial charge in [0.1, 0.15) is 5.82 Å². The van der Waals surface area contributed by atoms with E-state index < -0.39 is 12.0 Å². The molecule has 0 spiro atoms. The second-order valence-corrected chi connectivity index (χ2v) is 4.51. The zero-order valence-electron chi connectivity index (χ0n) is 11.3. The smallest absolute Gasteiger partial charge is 0.373 e. The molecule has 1 N–H and O–H groups in total. The van der Waals surface area contributed by atoms with Gasteiger partial charge in [-0.3, -0.25) is 0 Å². The standard InChI is InChI=1S/C14H14F3N3/c1-8-4-5-10(6-9(8)2)11-7-12(18-3)20-13(19-11)14(15,16)17/h4-7H,1-3H3,(H,18,19,20). The molecule has 0 saturated heterocycles. The fraction of sp³-hybridized carbons (Fsp3) is 0.286. The van der Waals surface area contributed by atoms with Gasteiger partial charge in [0, 0.05) is 18.7 Å². The van der Waals surface area contributed by atoms with E-state index in [1.807, 2.05) is 26.0 Å². The van der Waals surface area contributed by atoms with Crippen molar-refractivity contribution in [2.24, 2.45) is 0 Å². The van der Waals surface area contributed by atoms with Crippen LogP contribution in [0.1, 0.15) is 17.0 Å². The molecule has 106 valence electrons. The first kappa shape index (κ1) is 14.3. The Balaban J connectivity index is 2.58. The van der Waals surface area contributed by atoms with Crippen LogP contribution < -0.4 is 5.32 Å². The van der Waals surface area contributed by atoms with Crippen LogP contribution >= 0.6 is 0 Å². The molecule has 1 aromatic carbocycles. The van der Waals surface area contributed by atoms with Crippen LogP contribution in [0, 0.1) is 13.8 Å². The highest BCUT2D eigenvalue weighted by atomic mass is 19.4. The number of aromatic nitrogens is 2. The molecule has 2 rings (SSSR count). The molecule has 1 aromatic heterocycles. The summed E-state index contributed by atoms with van der Waals surface area (Å²) in [6.45, 7) is 3.85. The topological polar surface area (TPSA) is 37.8 Å². The molecule has 0 radical (unpaired) electrons. The molecular weight excluding hydrogens is 267 g/mol. The first-order valence-electron chi connectivity index (χ1n) is 6.03. The number of nitrogens with zero attached hydrogens (tertiary/aromatic N) is 2. The zero-order valence-corrected chi connectivity index (χ0v) is 11.3. The third-order valence-corrected chi connectivity index (χ3v) is 3.04. The molecular formula is C14H14F3N3. The summed E-state index contributed by atoms with van der Waals surface area (Å²) in [5.41, 5.74) is 2.96. The van der Waals surface area contributed by atoms with Crippen LogP contribution in [0.2, 0.25) is 0 Å². The van der Waals surface area contributed by atoms with Crippen molar-refractivity contribution in [3.8, 4) is 11.3 Å². The summed E-state index contributed by atoms with van der Waals surface area (Å²) in [6, 6.07) is 6.93. The maximum atomic E-state index is 12.8. The number of hydrogen-bond donors (Lipinski definition) is 1. The van der Waals surface area contributed by atoms with E-state index in [0.717, 1.165) is 11.1 Å². The Labute approximate surface area is 114 Å². The lowest BCUT2D eigenvalue weighted by Crippen LogP contribution is -2.13. The Bertz CT molecular complexity index is 636. The number of alkyl halides is 3. The van der Waals surface area contributed by atoms with Crippen molar-refractivity contribution in [3.63, 3.8) is 0 Å². The van der Waals surface area contributed by atoms with Gasteiger partial charge in [-0.05, 0) is 31.0 Å². The van der Waals surface area contributed by atoms with E-state index in [1.54, 1.807) is 6.07 Å². The minimum Gasteiger partial charge on any atom is -0.373 e. The summed E-state index contributed by atoms with van der Waals surface area (Å²) in [4.78, 5) is 7.06. The van der Waals surface area contributed by atoms with Crippen molar-refractivity contribution in [1.82, 2.24) is 9.97 Å². The Kier molecular flexibility index (Phi) is 3.65. The number of hydrogen-bond acceptors (Lipinski definition) is 3. The monoisotopic (exact) mass is 281 g/mol. The van der Waals surface area contributed by atoms with Crippen LogP contribution in [-0.4, -0.2) is 17.0 Å². The SMILES string of the molecule is CNc1cc(-c2ccc(C)c(C)c2)nc(C(F)(F)F)n1. The lowest BCUT2D eigenvalue weighted by Gasteiger charge is -2.11. The molecule has 0 aliphatic rings. The molecule has 0 aliphatic carbocycles. The minimum absolute atomic E-state index is 0.139. The van der Waals surface area contributed by atoms with Gasteiger partial charge in [0.05, 0.1) is 5.69 Å². The number of aryl methyl sites for hydroxylation is 2. The second-order valence-electron chi connectivity index (χ2n) is 4.51. The maximum absolute atomic E-state index is 12.8. The first-order valence-corrected chi connectivity index (χ1v) is 6.03. The number of nitrogens with one attached hydrogen (secondary N) is 1. The van der Waals surface area contributed by atoms with Gasteiger partial charge in [-0.2, -0.15) is 13.2 Å². The molecule has 0 fully saturated rings. The molecule has 0 aliphatic heterocycles. The van der Waals surface area contributed by atoms with E-state index in [2.05, 4.69) is 15.3 Å². The van der Waals surface area contributed by atoms with Crippen LogP contribution in [0.3, 0.4) is 0 Å². The Morgan fingerprint density at radius 1 is 1.00 bits per heavy atom. The summed E-state index contributed by atoms with van der Waals surface area (Å²) in [6.07, 6.45) is -4.57. The molecule has 0 unspecified atom stereocenters. The zero-order chi connectivity index (χ0) is 14.9. The Morgan fingerprint density at radius 3 is 2.25 bits per heavy atom. The number of anilines is 1. The van der Waals surface area contributed by atoms with E-state index in [9.17, 15) is 13.2 Å². The Morgan fingerprint density at radius 2 is 1.70 bits per heavy atom. The van der Waals surface area contributed by atoms with Crippen molar-refractivity contribution >= 4 is 5.82 Å². The van der Waals surface area contributed by atoms with Crippen molar-refractivity contribution in [1.29, 1.82) is 0 Å². The molecule has 0 amide bonds. The van der Waals surface area contributed by atoms with Crippen molar-refractivity contribution in [2.75, 3.05) is 12.4 Å². The molecule has 0 atom stereocenters. The Hall–Kier alpha value is -2.11. The van der Waals surface area contributed by atoms with Crippen LogP contribution in [-0.2, 0) is 6.18 Å². The lowest BCUT2D eigenvalue weighted by molar-refractivity contribution is -0.144. The van der Waals surface area contributed by atoms with E-state index in [0.29, 0.717) is 5.56 Å². The summed E-state index contributed by atoms with van der Waals surface area (Å²) >= 11 is 0. The van der Waals surface area contributed by atoms with Crippen LogP contribution in [0.4, 0.5) is 19.0 Å². The number of halogens is 3. The van der Waals surface area contributed by atoms with Crippen LogP contribution in [0.15, 0.2) is 24.3 Å². The molecule has 2 aromatic rings. The highest BCUT2D eigenvalue weighted by Gasteiger charge is 2.35. The van der Waals surface area contributed by atoms with Crippen molar-refractivity contribution in [3.05, 3.63) is 41.2 Å². The third kappa shape index (κ3) is 2.89. The highest BCUT2D eigenvalue weighted by molar-refractivity contribution is 5.64. The minimum atomic E-state index is -4.57. The van der Waals surface area contributed by atoms with Crippen molar-refractivity contribution in [2.45, 2.75) is 20.0 Å². The number of rotatable bonds is 2. The van der Waals surface area contributed by atoms with Gasteiger partial charge in [-0.1, -0.05) is 12.1 Å². The normalized spacial score (nSPS) is 11.5. The lowest BCUT2D eigenvalue weighted by atomic mass is 10.0. The van der Waals surface area contributed by atoms with Gasteiger partial charge in [0.25, 0.3) is 0 Å².